The molecule has 0 atom stereocenters. The van der Waals surface area contributed by atoms with Crippen molar-refractivity contribution in [3.05, 3.63) is 29.3 Å². The number of hydrogen-bond acceptors (Lipinski definition) is 3. The Balaban J connectivity index is 2.02. The highest BCUT2D eigenvalue weighted by atomic mass is 19.1. The Kier molecular flexibility index (Phi) is 4.11. The molecule has 0 saturated carbocycles. The Morgan fingerprint density at radius 2 is 1.89 bits per heavy atom. The second-order valence-electron chi connectivity index (χ2n) is 4.50. The van der Waals surface area contributed by atoms with Gasteiger partial charge in [0.15, 0.2) is 11.6 Å². The van der Waals surface area contributed by atoms with Crippen LogP contribution in [0.2, 0.25) is 0 Å². The minimum Gasteiger partial charge on any atom is -0.380 e. The Morgan fingerprint density at radius 3 is 2.44 bits per heavy atom. The van der Waals surface area contributed by atoms with Crippen molar-refractivity contribution in [1.29, 1.82) is 5.26 Å². The molecular formula is C13H15F2N3. The smallest absolute Gasteiger partial charge is 0.150 e. The normalized spacial score (nSPS) is 16.3. The maximum Gasteiger partial charge on any atom is 0.150 e. The van der Waals surface area contributed by atoms with Gasteiger partial charge < -0.3 is 10.6 Å². The highest BCUT2D eigenvalue weighted by molar-refractivity contribution is 5.50. The van der Waals surface area contributed by atoms with Gasteiger partial charge in [0.1, 0.15) is 5.69 Å². The first-order valence-corrected chi connectivity index (χ1v) is 6.04. The SMILES string of the molecule is N#Cc1cc(F)c(NCC2CCNCC2)c(F)c1. The number of nitrogens with zero attached hydrogens (tertiary/aromatic N) is 1. The fraction of sp³-hybridized carbons (Fsp3) is 0.462. The molecule has 0 radical (unpaired) electrons. The third kappa shape index (κ3) is 2.96. The highest BCUT2D eigenvalue weighted by Gasteiger charge is 2.15. The molecule has 1 aromatic carbocycles. The van der Waals surface area contributed by atoms with E-state index in [1.165, 1.54) is 0 Å². The van der Waals surface area contributed by atoms with E-state index >= 15 is 0 Å². The number of hydrogen-bond donors (Lipinski definition) is 2. The Morgan fingerprint density at radius 1 is 1.28 bits per heavy atom. The van der Waals surface area contributed by atoms with E-state index in [1.54, 1.807) is 6.07 Å². The molecule has 1 aromatic rings. The molecule has 0 amide bonds. The molecule has 0 aromatic heterocycles. The quantitative estimate of drug-likeness (QED) is 0.866. The first-order chi connectivity index (χ1) is 8.70. The lowest BCUT2D eigenvalue weighted by Gasteiger charge is -2.23. The van der Waals surface area contributed by atoms with Crippen molar-refractivity contribution in [1.82, 2.24) is 5.32 Å². The molecule has 0 bridgehead atoms. The fourth-order valence-corrected chi connectivity index (χ4v) is 2.14. The van der Waals surface area contributed by atoms with Crippen LogP contribution in [0.5, 0.6) is 0 Å². The number of rotatable bonds is 3. The lowest BCUT2D eigenvalue weighted by atomic mass is 9.98. The van der Waals surface area contributed by atoms with E-state index in [1.807, 2.05) is 0 Å². The third-order valence-electron chi connectivity index (χ3n) is 3.20. The van der Waals surface area contributed by atoms with E-state index in [4.69, 9.17) is 5.26 Å². The molecule has 1 heterocycles. The molecule has 0 aliphatic carbocycles. The van der Waals surface area contributed by atoms with Crippen molar-refractivity contribution in [2.24, 2.45) is 5.92 Å². The molecule has 1 fully saturated rings. The lowest BCUT2D eigenvalue weighted by molar-refractivity contribution is 0.389. The summed E-state index contributed by atoms with van der Waals surface area (Å²) in [6.07, 6.45) is 2.01. The molecule has 1 saturated heterocycles. The van der Waals surface area contributed by atoms with Crippen molar-refractivity contribution in [3.63, 3.8) is 0 Å². The predicted octanol–water partition coefficient (Wildman–Crippen LogP) is 2.25. The number of nitrogens with one attached hydrogen (secondary N) is 2. The molecule has 18 heavy (non-hydrogen) atoms. The number of anilines is 1. The van der Waals surface area contributed by atoms with Gasteiger partial charge in [0.2, 0.25) is 0 Å². The fourth-order valence-electron chi connectivity index (χ4n) is 2.14. The van der Waals surface area contributed by atoms with E-state index in [0.29, 0.717) is 12.5 Å². The van der Waals surface area contributed by atoms with Gasteiger partial charge in [-0.05, 0) is 44.0 Å². The summed E-state index contributed by atoms with van der Waals surface area (Å²) in [5, 5.41) is 14.7. The van der Waals surface area contributed by atoms with Gasteiger partial charge in [-0.25, -0.2) is 8.78 Å². The van der Waals surface area contributed by atoms with Crippen LogP contribution >= 0.6 is 0 Å². The van der Waals surface area contributed by atoms with Gasteiger partial charge in [-0.15, -0.1) is 0 Å². The summed E-state index contributed by atoms with van der Waals surface area (Å²) >= 11 is 0. The van der Waals surface area contributed by atoms with Crippen LogP contribution in [0.4, 0.5) is 14.5 Å². The van der Waals surface area contributed by atoms with Crippen molar-refractivity contribution < 1.29 is 8.78 Å². The van der Waals surface area contributed by atoms with Crippen LogP contribution in [0.15, 0.2) is 12.1 Å². The van der Waals surface area contributed by atoms with Crippen LogP contribution < -0.4 is 10.6 Å². The van der Waals surface area contributed by atoms with Gasteiger partial charge in [0.05, 0.1) is 11.6 Å². The number of nitriles is 1. The standard InChI is InChI=1S/C13H15F2N3/c14-11-5-10(7-16)6-12(15)13(11)18-8-9-1-3-17-4-2-9/h5-6,9,17-18H,1-4,8H2. The maximum atomic E-state index is 13.6. The second kappa shape index (κ2) is 5.78. The zero-order valence-electron chi connectivity index (χ0n) is 9.97. The van der Waals surface area contributed by atoms with E-state index in [9.17, 15) is 8.78 Å². The van der Waals surface area contributed by atoms with Crippen molar-refractivity contribution in [2.45, 2.75) is 12.8 Å². The van der Waals surface area contributed by atoms with E-state index in [0.717, 1.165) is 38.1 Å². The predicted molar refractivity (Wildman–Crippen MR) is 65.2 cm³/mol. The van der Waals surface area contributed by atoms with Crippen LogP contribution in [0.25, 0.3) is 0 Å². The molecule has 3 nitrogen and oxygen atoms in total. The zero-order valence-corrected chi connectivity index (χ0v) is 9.97. The second-order valence-corrected chi connectivity index (χ2v) is 4.50. The molecule has 1 aliphatic heterocycles. The van der Waals surface area contributed by atoms with Crippen molar-refractivity contribution in [2.75, 3.05) is 25.0 Å². The van der Waals surface area contributed by atoms with Crippen LogP contribution in [-0.2, 0) is 0 Å². The van der Waals surface area contributed by atoms with Crippen LogP contribution in [-0.4, -0.2) is 19.6 Å². The molecule has 96 valence electrons. The average Bonchev–Trinajstić information content (AvgIpc) is 2.38. The third-order valence-corrected chi connectivity index (χ3v) is 3.20. The number of piperidine rings is 1. The molecule has 1 aliphatic rings. The number of halogens is 2. The largest absolute Gasteiger partial charge is 0.380 e. The first-order valence-electron chi connectivity index (χ1n) is 6.04. The van der Waals surface area contributed by atoms with Crippen molar-refractivity contribution in [3.8, 4) is 6.07 Å². The molecule has 0 unspecified atom stereocenters. The summed E-state index contributed by atoms with van der Waals surface area (Å²) in [5.41, 5.74) is -0.134. The minimum atomic E-state index is -0.708. The monoisotopic (exact) mass is 251 g/mol. The summed E-state index contributed by atoms with van der Waals surface area (Å²) in [4.78, 5) is 0. The van der Waals surface area contributed by atoms with Gasteiger partial charge in [-0.2, -0.15) is 5.26 Å². The first kappa shape index (κ1) is 12.8. The van der Waals surface area contributed by atoms with E-state index < -0.39 is 11.6 Å². The molecule has 5 heteroatoms. The molecular weight excluding hydrogens is 236 g/mol. The molecule has 2 rings (SSSR count). The summed E-state index contributed by atoms with van der Waals surface area (Å²) < 4.78 is 27.2. The van der Waals surface area contributed by atoms with Gasteiger partial charge in [0.25, 0.3) is 0 Å². The topological polar surface area (TPSA) is 47.9 Å². The van der Waals surface area contributed by atoms with Gasteiger partial charge in [-0.3, -0.25) is 0 Å². The zero-order chi connectivity index (χ0) is 13.0. The molecule has 0 spiro atoms. The van der Waals surface area contributed by atoms with E-state index in [-0.39, 0.29) is 11.3 Å². The van der Waals surface area contributed by atoms with Crippen LogP contribution in [0.3, 0.4) is 0 Å². The van der Waals surface area contributed by atoms with Crippen LogP contribution in [0.1, 0.15) is 18.4 Å². The van der Waals surface area contributed by atoms with Gasteiger partial charge in [-0.1, -0.05) is 0 Å². The lowest BCUT2D eigenvalue weighted by Crippen LogP contribution is -2.31. The summed E-state index contributed by atoms with van der Waals surface area (Å²) in [6, 6.07) is 3.82. The minimum absolute atomic E-state index is 0.00239. The summed E-state index contributed by atoms with van der Waals surface area (Å²) in [7, 11) is 0. The Hall–Kier alpha value is -1.67. The highest BCUT2D eigenvalue weighted by Crippen LogP contribution is 2.22. The number of benzene rings is 1. The van der Waals surface area contributed by atoms with Crippen molar-refractivity contribution >= 4 is 5.69 Å². The molecule has 2 N–H and O–H groups in total. The Labute approximate surface area is 105 Å². The Bertz CT molecular complexity index is 439. The van der Waals surface area contributed by atoms with Gasteiger partial charge >= 0.3 is 0 Å². The summed E-state index contributed by atoms with van der Waals surface area (Å²) in [5.74, 6) is -0.985. The average molecular weight is 251 g/mol. The van der Waals surface area contributed by atoms with Crippen LogP contribution in [0, 0.1) is 28.9 Å². The van der Waals surface area contributed by atoms with Gasteiger partial charge in [0, 0.05) is 6.54 Å². The summed E-state index contributed by atoms with van der Waals surface area (Å²) in [6.45, 7) is 2.46. The maximum absolute atomic E-state index is 13.6. The van der Waals surface area contributed by atoms with E-state index in [2.05, 4.69) is 10.6 Å².